The number of hydrogen-bond donors (Lipinski definition) is 3. The lowest BCUT2D eigenvalue weighted by Crippen LogP contribution is -2.45. The van der Waals surface area contributed by atoms with Crippen LogP contribution in [0.15, 0.2) is 24.3 Å². The number of carbonyl (C=O) groups is 2. The van der Waals surface area contributed by atoms with Gasteiger partial charge in [0, 0.05) is 30.4 Å². The van der Waals surface area contributed by atoms with Gasteiger partial charge in [0.15, 0.2) is 0 Å². The first-order chi connectivity index (χ1) is 12.6. The molecular weight excluding hydrogens is 399 g/mol. The minimum Gasteiger partial charge on any atom is -0.371 e. The fraction of sp³-hybridized carbons (Fsp3) is 0.600. The van der Waals surface area contributed by atoms with Crippen molar-refractivity contribution in [1.82, 2.24) is 5.32 Å². The quantitative estimate of drug-likeness (QED) is 0.647. The summed E-state index contributed by atoms with van der Waals surface area (Å²) in [6.45, 7) is 4.38. The van der Waals surface area contributed by atoms with Crippen molar-refractivity contribution in [2.75, 3.05) is 29.9 Å². The number of nitrogens with two attached hydrogens (primary N) is 1. The van der Waals surface area contributed by atoms with E-state index in [1.807, 2.05) is 18.2 Å². The van der Waals surface area contributed by atoms with Gasteiger partial charge in [-0.3, -0.25) is 9.59 Å². The van der Waals surface area contributed by atoms with Gasteiger partial charge in [-0.2, -0.15) is 0 Å². The summed E-state index contributed by atoms with van der Waals surface area (Å²) in [5, 5.41) is 5.78. The predicted octanol–water partition coefficient (Wildman–Crippen LogP) is 2.95. The summed E-state index contributed by atoms with van der Waals surface area (Å²) in [6, 6.07) is 7.33. The van der Waals surface area contributed by atoms with E-state index in [-0.39, 0.29) is 48.5 Å². The third kappa shape index (κ3) is 6.00. The number of hydrogen-bond acceptors (Lipinski definition) is 4. The van der Waals surface area contributed by atoms with Gasteiger partial charge >= 0.3 is 0 Å². The van der Waals surface area contributed by atoms with Gasteiger partial charge in [0.1, 0.15) is 6.04 Å². The lowest BCUT2D eigenvalue weighted by molar-refractivity contribution is -0.129. The molecule has 6 nitrogen and oxygen atoms in total. The summed E-state index contributed by atoms with van der Waals surface area (Å²) in [5.74, 6) is -0.0678. The number of nitrogens with zero attached hydrogens (tertiary/aromatic N) is 1. The highest BCUT2D eigenvalue weighted by Gasteiger charge is 2.33. The predicted molar refractivity (Wildman–Crippen MR) is 119 cm³/mol. The monoisotopic (exact) mass is 430 g/mol. The van der Waals surface area contributed by atoms with Gasteiger partial charge in [-0.1, -0.05) is 12.5 Å². The van der Waals surface area contributed by atoms with Crippen LogP contribution in [0.25, 0.3) is 0 Å². The molecule has 0 bridgehead atoms. The number of rotatable bonds is 6. The molecule has 1 aromatic rings. The Balaban J connectivity index is 0.00000196. The van der Waals surface area contributed by atoms with E-state index in [0.717, 1.165) is 43.7 Å². The zero-order valence-corrected chi connectivity index (χ0v) is 18.0. The van der Waals surface area contributed by atoms with E-state index in [1.165, 1.54) is 12.8 Å². The molecule has 2 fully saturated rings. The van der Waals surface area contributed by atoms with Crippen LogP contribution < -0.4 is 21.3 Å². The van der Waals surface area contributed by atoms with E-state index >= 15 is 0 Å². The first kappa shape index (κ1) is 24.5. The molecule has 1 saturated heterocycles. The Bertz CT molecular complexity index is 653. The second-order valence-electron chi connectivity index (χ2n) is 7.50. The van der Waals surface area contributed by atoms with Gasteiger partial charge in [0.05, 0.1) is 0 Å². The summed E-state index contributed by atoms with van der Waals surface area (Å²) < 4.78 is 0. The summed E-state index contributed by atoms with van der Waals surface area (Å²) in [6.07, 6.45) is 5.32. The Morgan fingerprint density at radius 2 is 1.89 bits per heavy atom. The first-order valence-corrected chi connectivity index (χ1v) is 9.75. The molecule has 0 aromatic heterocycles. The molecule has 3 rings (SSSR count). The molecule has 28 heavy (non-hydrogen) atoms. The van der Waals surface area contributed by atoms with Crippen molar-refractivity contribution in [1.29, 1.82) is 0 Å². The summed E-state index contributed by atoms with van der Waals surface area (Å²) in [4.78, 5) is 27.3. The Morgan fingerprint density at radius 3 is 2.57 bits per heavy atom. The van der Waals surface area contributed by atoms with Crippen molar-refractivity contribution in [3.05, 3.63) is 24.3 Å². The smallest absolute Gasteiger partial charge is 0.246 e. The van der Waals surface area contributed by atoms with Crippen LogP contribution in [0.1, 0.15) is 39.0 Å². The van der Waals surface area contributed by atoms with Crippen LogP contribution >= 0.6 is 24.8 Å². The van der Waals surface area contributed by atoms with Crippen LogP contribution in [-0.4, -0.2) is 37.5 Å². The van der Waals surface area contributed by atoms with Crippen molar-refractivity contribution >= 4 is 48.0 Å². The summed E-state index contributed by atoms with van der Waals surface area (Å²) in [7, 11) is 0. The molecule has 158 valence electrons. The maximum absolute atomic E-state index is 12.5. The largest absolute Gasteiger partial charge is 0.371 e. The SMILES string of the molecule is CC(NC(=O)[C@@H]1CCC[C@@H]1CN)C(=O)Nc1cccc(N2CCCC2)c1.Cl.Cl. The van der Waals surface area contributed by atoms with Crippen molar-refractivity contribution in [2.24, 2.45) is 17.6 Å². The molecular formula is C20H32Cl2N4O2. The number of halogens is 2. The minimum atomic E-state index is -0.572. The van der Waals surface area contributed by atoms with Crippen molar-refractivity contribution in [3.8, 4) is 0 Å². The Labute approximate surface area is 179 Å². The number of nitrogens with one attached hydrogen (secondary N) is 2. The molecule has 1 heterocycles. The van der Waals surface area contributed by atoms with Crippen molar-refractivity contribution in [3.63, 3.8) is 0 Å². The molecule has 2 aliphatic rings. The summed E-state index contributed by atoms with van der Waals surface area (Å²) >= 11 is 0. The fourth-order valence-electron chi connectivity index (χ4n) is 4.06. The van der Waals surface area contributed by atoms with E-state index < -0.39 is 6.04 Å². The number of amides is 2. The fourth-order valence-corrected chi connectivity index (χ4v) is 4.06. The Hall–Kier alpha value is -1.50. The highest BCUT2D eigenvalue weighted by molar-refractivity contribution is 5.97. The third-order valence-corrected chi connectivity index (χ3v) is 5.64. The topological polar surface area (TPSA) is 87.5 Å². The van der Waals surface area contributed by atoms with Crippen molar-refractivity contribution < 1.29 is 9.59 Å². The number of benzene rings is 1. The molecule has 1 aliphatic heterocycles. The Kier molecular flexibility index (Phi) is 10.1. The van der Waals surface area contributed by atoms with Crippen LogP contribution in [0.5, 0.6) is 0 Å². The lowest BCUT2D eigenvalue weighted by atomic mass is 9.95. The van der Waals surface area contributed by atoms with Gasteiger partial charge in [-0.15, -0.1) is 24.8 Å². The molecule has 1 aliphatic carbocycles. The highest BCUT2D eigenvalue weighted by Crippen LogP contribution is 2.31. The minimum absolute atomic E-state index is 0. The molecule has 1 unspecified atom stereocenters. The lowest BCUT2D eigenvalue weighted by Gasteiger charge is -2.21. The second kappa shape index (κ2) is 11.5. The van der Waals surface area contributed by atoms with Crippen LogP contribution in [0.4, 0.5) is 11.4 Å². The second-order valence-corrected chi connectivity index (χ2v) is 7.50. The molecule has 1 saturated carbocycles. The van der Waals surface area contributed by atoms with Crippen molar-refractivity contribution in [2.45, 2.75) is 45.1 Å². The van der Waals surface area contributed by atoms with E-state index in [9.17, 15) is 9.59 Å². The van der Waals surface area contributed by atoms with E-state index in [2.05, 4.69) is 21.6 Å². The number of anilines is 2. The van der Waals surface area contributed by atoms with Gasteiger partial charge in [-0.05, 0) is 63.3 Å². The highest BCUT2D eigenvalue weighted by atomic mass is 35.5. The average Bonchev–Trinajstić information content (AvgIpc) is 3.33. The molecule has 0 radical (unpaired) electrons. The van der Waals surface area contributed by atoms with E-state index in [0.29, 0.717) is 6.54 Å². The molecule has 4 N–H and O–H groups in total. The Morgan fingerprint density at radius 1 is 1.18 bits per heavy atom. The standard InChI is InChI=1S/C20H30N4O2.2ClH/c1-14(22-20(26)18-9-4-6-15(18)13-21)19(25)23-16-7-5-8-17(12-16)24-10-2-3-11-24;;/h5,7-8,12,14-15,18H,2-4,6,9-11,13,21H2,1H3,(H,22,26)(H,23,25);2*1H/t14?,15-,18-;;/m1../s1. The third-order valence-electron chi connectivity index (χ3n) is 5.64. The van der Waals surface area contributed by atoms with Gasteiger partial charge < -0.3 is 21.3 Å². The maximum atomic E-state index is 12.5. The van der Waals surface area contributed by atoms with Crippen LogP contribution in [0.3, 0.4) is 0 Å². The molecule has 8 heteroatoms. The number of carbonyl (C=O) groups excluding carboxylic acids is 2. The van der Waals surface area contributed by atoms with E-state index in [4.69, 9.17) is 5.73 Å². The molecule has 0 spiro atoms. The van der Waals surface area contributed by atoms with E-state index in [1.54, 1.807) is 6.92 Å². The zero-order chi connectivity index (χ0) is 18.5. The first-order valence-electron chi connectivity index (χ1n) is 9.75. The van der Waals surface area contributed by atoms with Gasteiger partial charge in [0.25, 0.3) is 0 Å². The normalized spacial score (nSPS) is 22.0. The van der Waals surface area contributed by atoms with Gasteiger partial charge in [-0.25, -0.2) is 0 Å². The molecule has 2 amide bonds. The maximum Gasteiger partial charge on any atom is 0.246 e. The summed E-state index contributed by atoms with van der Waals surface area (Å²) in [5.41, 5.74) is 7.66. The average molecular weight is 431 g/mol. The zero-order valence-electron chi connectivity index (χ0n) is 16.4. The van der Waals surface area contributed by atoms with Crippen LogP contribution in [0, 0.1) is 11.8 Å². The molecule has 3 atom stereocenters. The van der Waals surface area contributed by atoms with Crippen LogP contribution in [-0.2, 0) is 9.59 Å². The van der Waals surface area contributed by atoms with Gasteiger partial charge in [0.2, 0.25) is 11.8 Å². The van der Waals surface area contributed by atoms with Crippen LogP contribution in [0.2, 0.25) is 0 Å². The molecule has 1 aromatic carbocycles.